The maximum Gasteiger partial charge on any atom is 0.193 e. The Morgan fingerprint density at radius 1 is 1.56 bits per heavy atom. The summed E-state index contributed by atoms with van der Waals surface area (Å²) in [6, 6.07) is 4.21. The van der Waals surface area contributed by atoms with Crippen LogP contribution in [0.25, 0.3) is 0 Å². The van der Waals surface area contributed by atoms with Crippen molar-refractivity contribution in [3.8, 4) is 0 Å². The third-order valence-electron chi connectivity index (χ3n) is 4.30. The molecule has 1 aliphatic rings. The van der Waals surface area contributed by atoms with E-state index >= 15 is 0 Å². The number of hydrogen-bond donors (Lipinski definition) is 1. The fourth-order valence-corrected chi connectivity index (χ4v) is 2.88. The van der Waals surface area contributed by atoms with Gasteiger partial charge in [-0.15, -0.1) is 6.58 Å². The van der Waals surface area contributed by atoms with Gasteiger partial charge in [-0.1, -0.05) is 12.1 Å². The normalized spacial score (nSPS) is 18.1. The van der Waals surface area contributed by atoms with Crippen LogP contribution in [0.5, 0.6) is 0 Å². The topological polar surface area (TPSA) is 53.0 Å². The minimum atomic E-state index is 0.261. The molecule has 6 nitrogen and oxygen atoms in total. The first-order chi connectivity index (χ1) is 12.1. The van der Waals surface area contributed by atoms with Gasteiger partial charge in [0.1, 0.15) is 5.82 Å². The Morgan fingerprint density at radius 3 is 3.04 bits per heavy atom. The molecule has 1 aliphatic heterocycles. The maximum absolute atomic E-state index is 5.59. The molecule has 1 aromatic rings. The first kappa shape index (κ1) is 19.2. The lowest BCUT2D eigenvalue weighted by molar-refractivity contribution is 0.0529. The van der Waals surface area contributed by atoms with Crippen LogP contribution < -0.4 is 10.2 Å². The summed E-state index contributed by atoms with van der Waals surface area (Å²) in [7, 11) is 3.87. The van der Waals surface area contributed by atoms with Crippen LogP contribution in [-0.2, 0) is 11.3 Å². The van der Waals surface area contributed by atoms with Crippen LogP contribution in [0.15, 0.2) is 36.0 Å². The number of guanidine groups is 1. The molecule has 6 heteroatoms. The number of pyridine rings is 1. The third-order valence-corrected chi connectivity index (χ3v) is 4.30. The molecule has 0 aromatic carbocycles. The van der Waals surface area contributed by atoms with E-state index in [0.29, 0.717) is 6.54 Å². The van der Waals surface area contributed by atoms with E-state index in [0.717, 1.165) is 56.4 Å². The van der Waals surface area contributed by atoms with Gasteiger partial charge in [0.15, 0.2) is 5.96 Å². The molecule has 25 heavy (non-hydrogen) atoms. The highest BCUT2D eigenvalue weighted by molar-refractivity contribution is 5.79. The summed E-state index contributed by atoms with van der Waals surface area (Å²) in [4.78, 5) is 13.4. The van der Waals surface area contributed by atoms with E-state index in [4.69, 9.17) is 4.74 Å². The largest absolute Gasteiger partial charge is 0.375 e. The number of aromatic nitrogens is 1. The van der Waals surface area contributed by atoms with Gasteiger partial charge in [-0.25, -0.2) is 4.98 Å². The van der Waals surface area contributed by atoms with Crippen molar-refractivity contribution in [2.75, 3.05) is 45.2 Å². The van der Waals surface area contributed by atoms with Crippen molar-refractivity contribution in [3.63, 3.8) is 0 Å². The molecule has 0 radical (unpaired) electrons. The molecule has 138 valence electrons. The zero-order chi connectivity index (χ0) is 18.1. The molecule has 1 saturated heterocycles. The van der Waals surface area contributed by atoms with Crippen molar-refractivity contribution in [2.45, 2.75) is 32.4 Å². The van der Waals surface area contributed by atoms with E-state index < -0.39 is 0 Å². The summed E-state index contributed by atoms with van der Waals surface area (Å²) in [6.07, 6.45) is 6.25. The highest BCUT2D eigenvalue weighted by Gasteiger charge is 2.17. The van der Waals surface area contributed by atoms with Gasteiger partial charge in [0, 0.05) is 46.5 Å². The number of hydrogen-bond acceptors (Lipinski definition) is 4. The van der Waals surface area contributed by atoms with Crippen LogP contribution in [0.4, 0.5) is 5.82 Å². The number of anilines is 1. The predicted octanol–water partition coefficient (Wildman–Crippen LogP) is 2.28. The molecule has 1 N–H and O–H groups in total. The number of ether oxygens (including phenoxy) is 1. The Labute approximate surface area is 151 Å². The zero-order valence-corrected chi connectivity index (χ0v) is 15.7. The number of unbranched alkanes of at least 4 members (excludes halogenated alkanes) is 1. The Bertz CT molecular complexity index is 557. The molecule has 1 unspecified atom stereocenters. The highest BCUT2D eigenvalue weighted by atomic mass is 16.5. The minimum absolute atomic E-state index is 0.261. The van der Waals surface area contributed by atoms with Crippen molar-refractivity contribution in [3.05, 3.63) is 36.5 Å². The number of aliphatic imine (C=N–C) groups is 1. The van der Waals surface area contributed by atoms with Crippen molar-refractivity contribution >= 4 is 11.8 Å². The molecule has 1 aromatic heterocycles. The first-order valence-electron chi connectivity index (χ1n) is 8.98. The molecule has 1 fully saturated rings. The third kappa shape index (κ3) is 6.05. The lowest BCUT2D eigenvalue weighted by Crippen LogP contribution is -2.41. The van der Waals surface area contributed by atoms with Crippen LogP contribution in [-0.4, -0.2) is 62.3 Å². The average molecular weight is 345 g/mol. The number of rotatable bonds is 7. The van der Waals surface area contributed by atoms with Crippen molar-refractivity contribution < 1.29 is 4.74 Å². The van der Waals surface area contributed by atoms with Gasteiger partial charge in [0.25, 0.3) is 0 Å². The smallest absolute Gasteiger partial charge is 0.193 e. The second kappa shape index (κ2) is 10.0. The van der Waals surface area contributed by atoms with E-state index in [2.05, 4.69) is 57.8 Å². The lowest BCUT2D eigenvalue weighted by Gasteiger charge is -2.32. The molecule has 0 spiro atoms. The van der Waals surface area contributed by atoms with Gasteiger partial charge in [-0.2, -0.15) is 0 Å². The summed E-state index contributed by atoms with van der Waals surface area (Å²) < 4.78 is 5.59. The molecule has 2 rings (SSSR count). The van der Waals surface area contributed by atoms with Gasteiger partial charge in [0.2, 0.25) is 0 Å². The van der Waals surface area contributed by atoms with Gasteiger partial charge in [0.05, 0.1) is 12.7 Å². The second-order valence-electron chi connectivity index (χ2n) is 6.41. The average Bonchev–Trinajstić information content (AvgIpc) is 2.63. The summed E-state index contributed by atoms with van der Waals surface area (Å²) in [6.45, 7) is 10.1. The van der Waals surface area contributed by atoms with Crippen LogP contribution in [0, 0.1) is 0 Å². The quantitative estimate of drug-likeness (QED) is 0.356. The van der Waals surface area contributed by atoms with Gasteiger partial charge in [-0.05, 0) is 31.4 Å². The number of morpholine rings is 1. The minimum Gasteiger partial charge on any atom is -0.375 e. The Balaban J connectivity index is 1.84. The standard InChI is InChI=1S/C19H31N5O/c1-5-6-7-10-23(4)19(20-3)22-14-17-8-9-18(21-13-17)24-11-12-25-16(2)15-24/h5,8-9,13,16H,1,6-7,10-12,14-15H2,2-4H3,(H,20,22). The monoisotopic (exact) mass is 345 g/mol. The fourth-order valence-electron chi connectivity index (χ4n) is 2.88. The summed E-state index contributed by atoms with van der Waals surface area (Å²) in [5.74, 6) is 1.92. The molecule has 0 bridgehead atoms. The Morgan fingerprint density at radius 2 is 2.40 bits per heavy atom. The van der Waals surface area contributed by atoms with E-state index in [1.54, 1.807) is 0 Å². The summed E-state index contributed by atoms with van der Waals surface area (Å²) in [5.41, 5.74) is 1.14. The second-order valence-corrected chi connectivity index (χ2v) is 6.41. The molecule has 2 heterocycles. The molecule has 0 amide bonds. The van der Waals surface area contributed by atoms with Crippen LogP contribution in [0.2, 0.25) is 0 Å². The highest BCUT2D eigenvalue weighted by Crippen LogP contribution is 2.15. The van der Waals surface area contributed by atoms with E-state index in [9.17, 15) is 0 Å². The molecule has 0 saturated carbocycles. The van der Waals surface area contributed by atoms with E-state index in [-0.39, 0.29) is 6.10 Å². The predicted molar refractivity (Wildman–Crippen MR) is 104 cm³/mol. The number of allylic oxidation sites excluding steroid dienone is 1. The Kier molecular flexibility index (Phi) is 7.73. The molecular formula is C19H31N5O. The van der Waals surface area contributed by atoms with Gasteiger partial charge in [-0.3, -0.25) is 4.99 Å². The summed E-state index contributed by atoms with van der Waals surface area (Å²) >= 11 is 0. The van der Waals surface area contributed by atoms with Crippen LogP contribution in [0.3, 0.4) is 0 Å². The van der Waals surface area contributed by atoms with Crippen LogP contribution in [0.1, 0.15) is 25.3 Å². The van der Waals surface area contributed by atoms with Crippen molar-refractivity contribution in [1.82, 2.24) is 15.2 Å². The first-order valence-corrected chi connectivity index (χ1v) is 8.98. The zero-order valence-electron chi connectivity index (χ0n) is 15.7. The SMILES string of the molecule is C=CCCCN(C)C(=NC)NCc1ccc(N2CCOC(C)C2)nc1. The van der Waals surface area contributed by atoms with Gasteiger partial charge < -0.3 is 19.9 Å². The molecule has 1 atom stereocenters. The molecule has 0 aliphatic carbocycles. The molecular weight excluding hydrogens is 314 g/mol. The van der Waals surface area contributed by atoms with Crippen molar-refractivity contribution in [1.29, 1.82) is 0 Å². The van der Waals surface area contributed by atoms with Crippen molar-refractivity contribution in [2.24, 2.45) is 4.99 Å². The van der Waals surface area contributed by atoms with Gasteiger partial charge >= 0.3 is 0 Å². The Hall–Kier alpha value is -2.08. The van der Waals surface area contributed by atoms with E-state index in [1.165, 1.54) is 0 Å². The fraction of sp³-hybridized carbons (Fsp3) is 0.579. The lowest BCUT2D eigenvalue weighted by atomic mass is 10.2. The number of nitrogens with zero attached hydrogens (tertiary/aromatic N) is 4. The van der Waals surface area contributed by atoms with E-state index in [1.807, 2.05) is 19.3 Å². The maximum atomic E-state index is 5.59. The number of nitrogens with one attached hydrogen (secondary N) is 1. The van der Waals surface area contributed by atoms with Crippen LogP contribution >= 0.6 is 0 Å². The summed E-state index contributed by atoms with van der Waals surface area (Å²) in [5, 5.41) is 3.39.